The summed E-state index contributed by atoms with van der Waals surface area (Å²) >= 11 is 0. The van der Waals surface area contributed by atoms with E-state index in [1.54, 1.807) is 7.11 Å². The second-order valence-electron chi connectivity index (χ2n) is 7.41. The van der Waals surface area contributed by atoms with E-state index in [1.165, 1.54) is 7.11 Å². The maximum Gasteiger partial charge on any atom is 0.319 e. The summed E-state index contributed by atoms with van der Waals surface area (Å²) < 4.78 is 17.5. The largest absolute Gasteiger partial charge is 0.481 e. The van der Waals surface area contributed by atoms with Crippen LogP contribution in [0, 0.1) is 0 Å². The molecular weight excluding hydrogens is 408 g/mol. The van der Waals surface area contributed by atoms with E-state index in [4.69, 9.17) is 14.2 Å². The van der Waals surface area contributed by atoms with Gasteiger partial charge in [-0.3, -0.25) is 0 Å². The highest BCUT2D eigenvalue weighted by Crippen LogP contribution is 2.42. The fraction of sp³-hybridized carbons (Fsp3) is 0.360. The highest BCUT2D eigenvalue weighted by Gasteiger charge is 2.42. The van der Waals surface area contributed by atoms with Crippen LogP contribution in [0.4, 0.5) is 0 Å². The van der Waals surface area contributed by atoms with Crippen molar-refractivity contribution in [3.05, 3.63) is 83.0 Å². The van der Waals surface area contributed by atoms with E-state index in [9.17, 15) is 10.2 Å². The molecule has 0 amide bonds. The van der Waals surface area contributed by atoms with Gasteiger partial charge in [0.05, 0.1) is 39.2 Å². The fourth-order valence-electron chi connectivity index (χ4n) is 3.80. The molecule has 2 N–H and O–H groups in total. The lowest BCUT2D eigenvalue weighted by atomic mass is 9.82. The summed E-state index contributed by atoms with van der Waals surface area (Å²) in [4.78, 5) is 9.03. The monoisotopic (exact) mass is 438 g/mol. The van der Waals surface area contributed by atoms with Gasteiger partial charge in [0, 0.05) is 12.0 Å². The van der Waals surface area contributed by atoms with Crippen molar-refractivity contribution in [3.63, 3.8) is 0 Å². The van der Waals surface area contributed by atoms with Gasteiger partial charge in [0.25, 0.3) is 0 Å². The lowest BCUT2D eigenvalue weighted by molar-refractivity contribution is -0.0722. The third-order valence-corrected chi connectivity index (χ3v) is 5.36. The van der Waals surface area contributed by atoms with Crippen LogP contribution in [-0.2, 0) is 23.4 Å². The Morgan fingerprint density at radius 2 is 1.59 bits per heavy atom. The van der Waals surface area contributed by atoms with Crippen LogP contribution in [0.1, 0.15) is 35.7 Å². The lowest BCUT2D eigenvalue weighted by Gasteiger charge is -2.37. The van der Waals surface area contributed by atoms with E-state index in [1.807, 2.05) is 67.6 Å². The van der Waals surface area contributed by atoms with Crippen molar-refractivity contribution in [2.24, 2.45) is 0 Å². The van der Waals surface area contributed by atoms with Crippen LogP contribution in [-0.4, -0.2) is 47.1 Å². The molecule has 0 bridgehead atoms. The number of hydrogen-bond acceptors (Lipinski definition) is 7. The molecule has 7 nitrogen and oxygen atoms in total. The molecule has 3 aromatic rings. The highest BCUT2D eigenvalue weighted by atomic mass is 16.5. The normalized spacial score (nSPS) is 13.9. The van der Waals surface area contributed by atoms with Gasteiger partial charge in [-0.2, -0.15) is 9.97 Å². The number of rotatable bonds is 11. The van der Waals surface area contributed by atoms with Crippen LogP contribution < -0.4 is 9.47 Å². The van der Waals surface area contributed by atoms with E-state index in [0.29, 0.717) is 18.0 Å². The number of ether oxygens (including phenoxy) is 3. The van der Waals surface area contributed by atoms with Crippen LogP contribution in [0.3, 0.4) is 0 Å². The van der Waals surface area contributed by atoms with Crippen molar-refractivity contribution in [3.8, 4) is 11.9 Å². The second kappa shape index (κ2) is 11.0. The topological polar surface area (TPSA) is 93.9 Å². The van der Waals surface area contributed by atoms with E-state index in [2.05, 4.69) is 9.97 Å². The van der Waals surface area contributed by atoms with Gasteiger partial charge in [0.15, 0.2) is 0 Å². The summed E-state index contributed by atoms with van der Waals surface area (Å²) in [5, 5.41) is 20.3. The van der Waals surface area contributed by atoms with Crippen LogP contribution in [0.5, 0.6) is 11.9 Å². The van der Waals surface area contributed by atoms with Crippen LogP contribution >= 0.6 is 0 Å². The van der Waals surface area contributed by atoms with Gasteiger partial charge in [-0.15, -0.1) is 0 Å². The first-order valence-electron chi connectivity index (χ1n) is 10.6. The molecule has 0 aliphatic rings. The summed E-state index contributed by atoms with van der Waals surface area (Å²) in [6, 6.07) is 19.5. The summed E-state index contributed by atoms with van der Waals surface area (Å²) in [6.07, 6.45) is -0.389. The molecule has 7 heteroatoms. The first-order valence-corrected chi connectivity index (χ1v) is 10.6. The molecule has 3 rings (SSSR count). The Hall–Kier alpha value is -3.00. The van der Waals surface area contributed by atoms with E-state index >= 15 is 0 Å². The minimum absolute atomic E-state index is 0.0800. The molecule has 32 heavy (non-hydrogen) atoms. The van der Waals surface area contributed by atoms with Gasteiger partial charge >= 0.3 is 6.01 Å². The molecule has 2 aromatic carbocycles. The Balaban J connectivity index is 2.27. The number of aromatic nitrogens is 2. The van der Waals surface area contributed by atoms with Gasteiger partial charge in [0.1, 0.15) is 5.60 Å². The summed E-state index contributed by atoms with van der Waals surface area (Å²) in [5.74, 6) is 0.386. The molecule has 0 saturated carbocycles. The summed E-state index contributed by atoms with van der Waals surface area (Å²) in [5.41, 5.74) is 1.86. The number of hydrogen-bond donors (Lipinski definition) is 2. The van der Waals surface area contributed by atoms with Crippen LogP contribution in [0.25, 0.3) is 0 Å². The molecule has 0 aliphatic carbocycles. The smallest absolute Gasteiger partial charge is 0.319 e. The van der Waals surface area contributed by atoms with Crippen molar-refractivity contribution in [2.75, 3.05) is 20.8 Å². The molecule has 0 aliphatic heterocycles. The molecule has 0 spiro atoms. The quantitative estimate of drug-likeness (QED) is 0.475. The Bertz CT molecular complexity index is 984. The molecule has 0 radical (unpaired) electrons. The number of nitrogens with zero attached hydrogens (tertiary/aromatic N) is 2. The van der Waals surface area contributed by atoms with Gasteiger partial charge in [-0.25, -0.2) is 0 Å². The van der Waals surface area contributed by atoms with E-state index < -0.39 is 18.3 Å². The first kappa shape index (κ1) is 23.7. The molecular formula is C25H30N2O5. The Labute approximate surface area is 188 Å². The van der Waals surface area contributed by atoms with Crippen molar-refractivity contribution in [1.29, 1.82) is 0 Å². The molecule has 2 unspecified atom stereocenters. The number of aliphatic hydroxyl groups excluding tert-OH is 2. The first-order chi connectivity index (χ1) is 15.6. The standard InChI is InChI=1S/C25H30N2O5/c1-4-21-22(26-24(31-3)27-23(21)30-2)25(15-20(29)16-28,19-13-9-6-10-14-19)32-17-18-11-7-5-8-12-18/h5-14,20,28-29H,4,15-17H2,1-3H3. The average molecular weight is 439 g/mol. The van der Waals surface area contributed by atoms with Crippen molar-refractivity contribution >= 4 is 0 Å². The van der Waals surface area contributed by atoms with Crippen molar-refractivity contribution < 1.29 is 24.4 Å². The fourth-order valence-corrected chi connectivity index (χ4v) is 3.80. The maximum atomic E-state index is 10.6. The van der Waals surface area contributed by atoms with E-state index in [0.717, 1.165) is 16.7 Å². The van der Waals surface area contributed by atoms with Gasteiger partial charge in [0.2, 0.25) is 5.88 Å². The minimum atomic E-state index is -1.19. The van der Waals surface area contributed by atoms with E-state index in [-0.39, 0.29) is 19.0 Å². The van der Waals surface area contributed by atoms with Crippen LogP contribution in [0.15, 0.2) is 60.7 Å². The van der Waals surface area contributed by atoms with Crippen molar-refractivity contribution in [1.82, 2.24) is 9.97 Å². The van der Waals surface area contributed by atoms with Gasteiger partial charge < -0.3 is 24.4 Å². The highest BCUT2D eigenvalue weighted by molar-refractivity contribution is 5.43. The third kappa shape index (κ3) is 5.07. The summed E-state index contributed by atoms with van der Waals surface area (Å²) in [6.45, 7) is 1.84. The second-order valence-corrected chi connectivity index (χ2v) is 7.41. The zero-order chi connectivity index (χ0) is 23.0. The average Bonchev–Trinajstić information content (AvgIpc) is 2.86. The zero-order valence-electron chi connectivity index (χ0n) is 18.7. The summed E-state index contributed by atoms with van der Waals surface area (Å²) in [7, 11) is 3.03. The Morgan fingerprint density at radius 3 is 2.16 bits per heavy atom. The van der Waals surface area contributed by atoms with Gasteiger partial charge in [-0.05, 0) is 17.5 Å². The van der Waals surface area contributed by atoms with Crippen LogP contribution in [0.2, 0.25) is 0 Å². The third-order valence-electron chi connectivity index (χ3n) is 5.36. The molecule has 170 valence electrons. The van der Waals surface area contributed by atoms with Crippen molar-refractivity contribution in [2.45, 2.75) is 38.1 Å². The Kier molecular flexibility index (Phi) is 8.16. The molecule has 2 atom stereocenters. The number of benzene rings is 2. The minimum Gasteiger partial charge on any atom is -0.481 e. The maximum absolute atomic E-state index is 10.6. The predicted molar refractivity (Wildman–Crippen MR) is 121 cm³/mol. The molecule has 1 heterocycles. The van der Waals surface area contributed by atoms with Gasteiger partial charge in [-0.1, -0.05) is 67.6 Å². The predicted octanol–water partition coefficient (Wildman–Crippen LogP) is 3.26. The Morgan fingerprint density at radius 1 is 0.938 bits per heavy atom. The lowest BCUT2D eigenvalue weighted by Crippen LogP contribution is -2.38. The number of methoxy groups -OCH3 is 2. The number of aliphatic hydroxyl groups is 2. The SMILES string of the molecule is CCc1c(OC)nc(OC)nc1C(CC(O)CO)(OCc1ccccc1)c1ccccc1. The molecule has 1 aromatic heterocycles. The molecule has 0 fully saturated rings. The molecule has 0 saturated heterocycles. The zero-order valence-corrected chi connectivity index (χ0v) is 18.7.